The second-order valence-corrected chi connectivity index (χ2v) is 8.24. The summed E-state index contributed by atoms with van der Waals surface area (Å²) in [7, 11) is -3.62. The van der Waals surface area contributed by atoms with Gasteiger partial charge in [-0.15, -0.1) is 0 Å². The topological polar surface area (TPSA) is 76.3 Å². The van der Waals surface area contributed by atoms with Crippen molar-refractivity contribution in [2.24, 2.45) is 5.14 Å². The molecular formula is C10H17N3O2S3. The van der Waals surface area contributed by atoms with Crippen LogP contribution < -0.4 is 10.0 Å². The molecule has 1 atom stereocenters. The van der Waals surface area contributed by atoms with Crippen molar-refractivity contribution < 1.29 is 8.42 Å². The quantitative estimate of drug-likeness (QED) is 0.916. The van der Waals surface area contributed by atoms with E-state index in [0.717, 1.165) is 36.0 Å². The highest BCUT2D eigenvalue weighted by Gasteiger charge is 2.21. The van der Waals surface area contributed by atoms with E-state index >= 15 is 0 Å². The summed E-state index contributed by atoms with van der Waals surface area (Å²) in [5.74, 6) is 0. The third-order valence-electron chi connectivity index (χ3n) is 2.98. The minimum atomic E-state index is -3.62. The van der Waals surface area contributed by atoms with Gasteiger partial charge >= 0.3 is 0 Å². The van der Waals surface area contributed by atoms with E-state index in [2.05, 4.69) is 16.1 Å². The molecule has 5 nitrogen and oxygen atoms in total. The predicted octanol–water partition coefficient (Wildman–Crippen LogP) is 1.51. The molecule has 2 N–H and O–H groups in total. The first-order valence-corrected chi connectivity index (χ1v) is 9.42. The second-order valence-electron chi connectivity index (χ2n) is 4.31. The van der Waals surface area contributed by atoms with Crippen LogP contribution in [0.4, 0.5) is 5.13 Å². The van der Waals surface area contributed by atoms with Crippen molar-refractivity contribution in [2.45, 2.75) is 28.7 Å². The van der Waals surface area contributed by atoms with Gasteiger partial charge in [-0.05, 0) is 19.1 Å². The second kappa shape index (κ2) is 5.77. The SMILES string of the molecule is CSC1CCCCN(c2ncc(S(N)(=O)=O)s2)C1. The summed E-state index contributed by atoms with van der Waals surface area (Å²) in [6.45, 7) is 1.87. The molecule has 8 heteroatoms. The maximum atomic E-state index is 11.2. The summed E-state index contributed by atoms with van der Waals surface area (Å²) in [6, 6.07) is 0. The third-order valence-corrected chi connectivity index (χ3v) is 6.50. The maximum Gasteiger partial charge on any atom is 0.249 e. The zero-order chi connectivity index (χ0) is 13.2. The van der Waals surface area contributed by atoms with Crippen LogP contribution in [0, 0.1) is 0 Å². The number of rotatable bonds is 3. The largest absolute Gasteiger partial charge is 0.347 e. The summed E-state index contributed by atoms with van der Waals surface area (Å²) in [6.07, 6.45) is 7.03. The van der Waals surface area contributed by atoms with E-state index in [0.29, 0.717) is 5.25 Å². The molecule has 0 aromatic carbocycles. The van der Waals surface area contributed by atoms with Crippen molar-refractivity contribution in [3.8, 4) is 0 Å². The van der Waals surface area contributed by atoms with Gasteiger partial charge in [0.1, 0.15) is 0 Å². The van der Waals surface area contributed by atoms with Crippen LogP contribution in [-0.4, -0.2) is 38.0 Å². The molecule has 0 bridgehead atoms. The Labute approximate surface area is 116 Å². The Morgan fingerprint density at radius 2 is 2.33 bits per heavy atom. The van der Waals surface area contributed by atoms with Crippen LogP contribution >= 0.6 is 23.1 Å². The molecular weight excluding hydrogens is 290 g/mol. The molecule has 1 aliphatic heterocycles. The van der Waals surface area contributed by atoms with Crippen molar-refractivity contribution in [3.05, 3.63) is 6.20 Å². The fourth-order valence-corrected chi connectivity index (χ4v) is 4.30. The van der Waals surface area contributed by atoms with Gasteiger partial charge in [-0.1, -0.05) is 17.8 Å². The van der Waals surface area contributed by atoms with Crippen LogP contribution in [0.5, 0.6) is 0 Å². The van der Waals surface area contributed by atoms with Crippen LogP contribution in [0.1, 0.15) is 19.3 Å². The zero-order valence-electron chi connectivity index (χ0n) is 10.2. The molecule has 2 heterocycles. The normalized spacial score (nSPS) is 21.9. The van der Waals surface area contributed by atoms with Crippen molar-refractivity contribution in [2.75, 3.05) is 24.2 Å². The lowest BCUT2D eigenvalue weighted by molar-refractivity contribution is 0.599. The van der Waals surface area contributed by atoms with Gasteiger partial charge in [0, 0.05) is 18.3 Å². The Hall–Kier alpha value is -0.310. The van der Waals surface area contributed by atoms with Crippen LogP contribution in [-0.2, 0) is 10.0 Å². The highest BCUT2D eigenvalue weighted by atomic mass is 32.2. The molecule has 0 saturated carbocycles. The number of sulfonamides is 1. The first kappa shape index (κ1) is 14.1. The molecule has 1 aromatic rings. The van der Waals surface area contributed by atoms with Crippen molar-refractivity contribution >= 4 is 38.3 Å². The predicted molar refractivity (Wildman–Crippen MR) is 76.9 cm³/mol. The fraction of sp³-hybridized carbons (Fsp3) is 0.700. The van der Waals surface area contributed by atoms with Gasteiger partial charge in [0.15, 0.2) is 9.34 Å². The van der Waals surface area contributed by atoms with E-state index in [-0.39, 0.29) is 4.21 Å². The Morgan fingerprint density at radius 3 is 2.94 bits per heavy atom. The lowest BCUT2D eigenvalue weighted by Crippen LogP contribution is -2.29. The molecule has 1 unspecified atom stereocenters. The number of nitrogens with zero attached hydrogens (tertiary/aromatic N) is 2. The summed E-state index contributed by atoms with van der Waals surface area (Å²) < 4.78 is 22.6. The molecule has 1 saturated heterocycles. The fourth-order valence-electron chi connectivity index (χ4n) is 2.00. The molecule has 1 aliphatic rings. The first-order valence-electron chi connectivity index (χ1n) is 5.77. The number of thioether (sulfide) groups is 1. The minimum absolute atomic E-state index is 0.141. The van der Waals surface area contributed by atoms with Crippen LogP contribution in [0.25, 0.3) is 0 Å². The monoisotopic (exact) mass is 307 g/mol. The Kier molecular flexibility index (Phi) is 4.52. The summed E-state index contributed by atoms with van der Waals surface area (Å²) >= 11 is 3.02. The van der Waals surface area contributed by atoms with E-state index in [1.54, 1.807) is 0 Å². The van der Waals surface area contributed by atoms with E-state index in [1.165, 1.54) is 19.0 Å². The van der Waals surface area contributed by atoms with Gasteiger partial charge in [0.05, 0.1) is 6.20 Å². The number of anilines is 1. The Bertz CT molecular complexity index is 500. The van der Waals surface area contributed by atoms with Crippen LogP contribution in [0.3, 0.4) is 0 Å². The number of thiazole rings is 1. The van der Waals surface area contributed by atoms with Crippen LogP contribution in [0.15, 0.2) is 10.4 Å². The zero-order valence-corrected chi connectivity index (χ0v) is 12.7. The summed E-state index contributed by atoms with van der Waals surface area (Å²) in [4.78, 5) is 6.37. The number of hydrogen-bond acceptors (Lipinski definition) is 6. The van der Waals surface area contributed by atoms with Crippen LogP contribution in [0.2, 0.25) is 0 Å². The van der Waals surface area contributed by atoms with E-state index < -0.39 is 10.0 Å². The Balaban J connectivity index is 2.17. The summed E-state index contributed by atoms with van der Waals surface area (Å²) in [5, 5.41) is 6.46. The Morgan fingerprint density at radius 1 is 1.56 bits per heavy atom. The number of aromatic nitrogens is 1. The molecule has 18 heavy (non-hydrogen) atoms. The van der Waals surface area contributed by atoms with Gasteiger partial charge in [0.25, 0.3) is 0 Å². The third kappa shape index (κ3) is 3.37. The highest BCUT2D eigenvalue weighted by Crippen LogP contribution is 2.29. The van der Waals surface area contributed by atoms with Gasteiger partial charge in [-0.2, -0.15) is 11.8 Å². The molecule has 0 amide bonds. The van der Waals surface area contributed by atoms with Gasteiger partial charge in [-0.25, -0.2) is 18.5 Å². The van der Waals surface area contributed by atoms with Crippen molar-refractivity contribution in [3.63, 3.8) is 0 Å². The minimum Gasteiger partial charge on any atom is -0.347 e. The van der Waals surface area contributed by atoms with Crippen molar-refractivity contribution in [1.82, 2.24) is 4.98 Å². The van der Waals surface area contributed by atoms with Crippen molar-refractivity contribution in [1.29, 1.82) is 0 Å². The number of nitrogens with two attached hydrogens (primary N) is 1. The highest BCUT2D eigenvalue weighted by molar-refractivity contribution is 7.99. The molecule has 2 rings (SSSR count). The molecule has 0 aliphatic carbocycles. The molecule has 1 aromatic heterocycles. The van der Waals surface area contributed by atoms with Gasteiger partial charge < -0.3 is 4.90 Å². The van der Waals surface area contributed by atoms with Gasteiger partial charge in [0.2, 0.25) is 10.0 Å². The van der Waals surface area contributed by atoms with E-state index in [9.17, 15) is 8.42 Å². The lowest BCUT2D eigenvalue weighted by atomic mass is 10.2. The average molecular weight is 307 g/mol. The first-order chi connectivity index (χ1) is 8.50. The summed E-state index contributed by atoms with van der Waals surface area (Å²) in [5.41, 5.74) is 0. The smallest absolute Gasteiger partial charge is 0.249 e. The molecule has 102 valence electrons. The average Bonchev–Trinajstić information content (AvgIpc) is 2.69. The standard InChI is InChI=1S/C10H17N3O2S3/c1-16-8-4-2-3-5-13(7-8)10-12-6-9(17-10)18(11,14)15/h6,8H,2-5,7H2,1H3,(H2,11,14,15). The molecule has 0 radical (unpaired) electrons. The molecule has 0 spiro atoms. The maximum absolute atomic E-state index is 11.2. The lowest BCUT2D eigenvalue weighted by Gasteiger charge is -2.22. The number of primary sulfonamides is 1. The van der Waals surface area contributed by atoms with Gasteiger partial charge in [-0.3, -0.25) is 0 Å². The van der Waals surface area contributed by atoms with E-state index in [1.807, 2.05) is 11.8 Å². The van der Waals surface area contributed by atoms with E-state index in [4.69, 9.17) is 5.14 Å². The number of hydrogen-bond donors (Lipinski definition) is 1. The molecule has 1 fully saturated rings.